The summed E-state index contributed by atoms with van der Waals surface area (Å²) in [6.07, 6.45) is 1.36. The number of carbonyl (C=O) groups is 2. The third kappa shape index (κ3) is 2.59. The molecule has 0 aromatic heterocycles. The van der Waals surface area contributed by atoms with Gasteiger partial charge in [0.2, 0.25) is 5.91 Å². The van der Waals surface area contributed by atoms with Gasteiger partial charge >= 0.3 is 0 Å². The van der Waals surface area contributed by atoms with Crippen molar-refractivity contribution in [1.82, 2.24) is 4.90 Å². The van der Waals surface area contributed by atoms with Crippen molar-refractivity contribution in [3.8, 4) is 0 Å². The number of nitrogens with zero attached hydrogens (tertiary/aromatic N) is 1. The molecule has 0 aliphatic carbocycles. The van der Waals surface area contributed by atoms with E-state index in [1.54, 1.807) is 12.1 Å². The summed E-state index contributed by atoms with van der Waals surface area (Å²) in [5, 5.41) is 2.97. The molecular formula is C12H10BrFN2O2. The first-order valence-corrected chi connectivity index (χ1v) is 6.01. The maximum atomic E-state index is 13.0. The highest BCUT2D eigenvalue weighted by Gasteiger charge is 2.24. The standard InChI is InChI=1S/C12H10BrFN2O2/c1-7(17)16-6-9(5-12(16)18)15-8-2-3-11(14)10(13)4-8/h2-5,15H,6H2,1H3. The Morgan fingerprint density at radius 3 is 2.78 bits per heavy atom. The van der Waals surface area contributed by atoms with Gasteiger partial charge in [-0.3, -0.25) is 14.5 Å². The first-order chi connectivity index (χ1) is 8.47. The minimum atomic E-state index is -0.359. The minimum absolute atomic E-state index is 0.211. The van der Waals surface area contributed by atoms with Crippen LogP contribution in [0.4, 0.5) is 10.1 Å². The Labute approximate surface area is 112 Å². The van der Waals surface area contributed by atoms with E-state index in [4.69, 9.17) is 0 Å². The number of hydrogen-bond donors (Lipinski definition) is 1. The van der Waals surface area contributed by atoms with Crippen LogP contribution in [0, 0.1) is 5.82 Å². The molecule has 0 atom stereocenters. The SMILES string of the molecule is CC(=O)N1CC(Nc2ccc(F)c(Br)c2)=CC1=O. The molecule has 0 unspecified atom stereocenters. The van der Waals surface area contributed by atoms with Gasteiger partial charge in [-0.05, 0) is 34.1 Å². The molecule has 2 amide bonds. The largest absolute Gasteiger partial charge is 0.357 e. The normalized spacial score (nSPS) is 14.7. The average Bonchev–Trinajstić information content (AvgIpc) is 2.65. The number of benzene rings is 1. The molecule has 1 N–H and O–H groups in total. The quantitative estimate of drug-likeness (QED) is 0.911. The predicted molar refractivity (Wildman–Crippen MR) is 68.2 cm³/mol. The van der Waals surface area contributed by atoms with Crippen LogP contribution in [0.2, 0.25) is 0 Å². The van der Waals surface area contributed by atoms with Gasteiger partial charge in [0.05, 0.1) is 11.0 Å². The molecule has 0 fully saturated rings. The van der Waals surface area contributed by atoms with Gasteiger partial charge in [0, 0.05) is 24.4 Å². The second kappa shape index (κ2) is 4.89. The van der Waals surface area contributed by atoms with Crippen molar-refractivity contribution in [3.05, 3.63) is 40.3 Å². The van der Waals surface area contributed by atoms with Crippen molar-refractivity contribution in [3.63, 3.8) is 0 Å². The monoisotopic (exact) mass is 312 g/mol. The van der Waals surface area contributed by atoms with Crippen LogP contribution < -0.4 is 5.32 Å². The molecule has 0 bridgehead atoms. The molecular weight excluding hydrogens is 303 g/mol. The number of rotatable bonds is 2. The molecule has 6 heteroatoms. The van der Waals surface area contributed by atoms with E-state index in [9.17, 15) is 14.0 Å². The fourth-order valence-corrected chi connectivity index (χ4v) is 2.00. The molecule has 18 heavy (non-hydrogen) atoms. The summed E-state index contributed by atoms with van der Waals surface area (Å²) in [5.74, 6) is -0.998. The summed E-state index contributed by atoms with van der Waals surface area (Å²) in [4.78, 5) is 23.7. The molecule has 0 saturated heterocycles. The number of halogens is 2. The molecule has 0 radical (unpaired) electrons. The fraction of sp³-hybridized carbons (Fsp3) is 0.167. The van der Waals surface area contributed by atoms with Crippen molar-refractivity contribution in [2.24, 2.45) is 0 Å². The Morgan fingerprint density at radius 1 is 1.50 bits per heavy atom. The van der Waals surface area contributed by atoms with Gasteiger partial charge in [0.1, 0.15) is 5.82 Å². The molecule has 0 spiro atoms. The maximum absolute atomic E-state index is 13.0. The molecule has 1 aliphatic rings. The van der Waals surface area contributed by atoms with Gasteiger partial charge in [-0.25, -0.2) is 4.39 Å². The molecule has 0 saturated carbocycles. The number of amides is 2. The van der Waals surface area contributed by atoms with Crippen LogP contribution in [-0.2, 0) is 9.59 Å². The first kappa shape index (κ1) is 12.8. The second-order valence-corrected chi connectivity index (χ2v) is 4.72. The third-order valence-corrected chi connectivity index (χ3v) is 3.10. The summed E-state index contributed by atoms with van der Waals surface area (Å²) < 4.78 is 13.4. The zero-order valence-corrected chi connectivity index (χ0v) is 11.1. The van der Waals surface area contributed by atoms with Gasteiger partial charge in [-0.2, -0.15) is 0 Å². The Bertz CT molecular complexity index is 557. The molecule has 1 aliphatic heterocycles. The van der Waals surface area contributed by atoms with Gasteiger partial charge in [-0.1, -0.05) is 0 Å². The lowest BCUT2D eigenvalue weighted by Gasteiger charge is -2.12. The zero-order chi connectivity index (χ0) is 13.3. The second-order valence-electron chi connectivity index (χ2n) is 3.87. The van der Waals surface area contributed by atoms with E-state index in [-0.39, 0.29) is 24.2 Å². The predicted octanol–water partition coefficient (Wildman–Crippen LogP) is 2.27. The topological polar surface area (TPSA) is 49.4 Å². The lowest BCUT2D eigenvalue weighted by Crippen LogP contribution is -2.31. The van der Waals surface area contributed by atoms with E-state index < -0.39 is 0 Å². The lowest BCUT2D eigenvalue weighted by molar-refractivity contribution is -0.138. The molecule has 4 nitrogen and oxygen atoms in total. The van der Waals surface area contributed by atoms with Crippen molar-refractivity contribution in [2.75, 3.05) is 11.9 Å². The Hall–Kier alpha value is -1.69. The lowest BCUT2D eigenvalue weighted by atomic mass is 10.3. The summed E-state index contributed by atoms with van der Waals surface area (Å²) in [6, 6.07) is 4.44. The number of carbonyl (C=O) groups excluding carboxylic acids is 2. The van der Waals surface area contributed by atoms with Crippen molar-refractivity contribution >= 4 is 33.4 Å². The van der Waals surface area contributed by atoms with E-state index in [1.165, 1.54) is 19.1 Å². The molecule has 1 heterocycles. The van der Waals surface area contributed by atoms with E-state index in [1.807, 2.05) is 0 Å². The highest BCUT2D eigenvalue weighted by molar-refractivity contribution is 9.10. The van der Waals surface area contributed by atoms with E-state index in [0.29, 0.717) is 15.9 Å². The average molecular weight is 313 g/mol. The highest BCUT2D eigenvalue weighted by Crippen LogP contribution is 2.22. The molecule has 1 aromatic carbocycles. The van der Waals surface area contributed by atoms with Crippen LogP contribution in [0.1, 0.15) is 6.92 Å². The Morgan fingerprint density at radius 2 is 2.22 bits per heavy atom. The van der Waals surface area contributed by atoms with Gasteiger partial charge in [0.25, 0.3) is 5.91 Å². The van der Waals surface area contributed by atoms with Crippen LogP contribution in [-0.4, -0.2) is 23.3 Å². The van der Waals surface area contributed by atoms with Crippen LogP contribution >= 0.6 is 15.9 Å². The summed E-state index contributed by atoms with van der Waals surface area (Å²) in [6.45, 7) is 1.55. The first-order valence-electron chi connectivity index (χ1n) is 5.22. The third-order valence-electron chi connectivity index (χ3n) is 2.50. The van der Waals surface area contributed by atoms with E-state index in [2.05, 4.69) is 21.2 Å². The maximum Gasteiger partial charge on any atom is 0.255 e. The van der Waals surface area contributed by atoms with Crippen LogP contribution in [0.3, 0.4) is 0 Å². The number of anilines is 1. The smallest absolute Gasteiger partial charge is 0.255 e. The fourth-order valence-electron chi connectivity index (χ4n) is 1.62. The molecule has 2 rings (SSSR count). The summed E-state index contributed by atoms with van der Waals surface area (Å²) >= 11 is 3.08. The number of hydrogen-bond acceptors (Lipinski definition) is 3. The van der Waals surface area contributed by atoms with Crippen LogP contribution in [0.25, 0.3) is 0 Å². The Kier molecular flexibility index (Phi) is 3.47. The van der Waals surface area contributed by atoms with Crippen LogP contribution in [0.15, 0.2) is 34.4 Å². The molecule has 94 valence electrons. The Balaban J connectivity index is 2.11. The van der Waals surface area contributed by atoms with E-state index in [0.717, 1.165) is 4.90 Å². The van der Waals surface area contributed by atoms with E-state index >= 15 is 0 Å². The number of imide groups is 1. The minimum Gasteiger partial charge on any atom is -0.357 e. The van der Waals surface area contributed by atoms with Crippen LogP contribution in [0.5, 0.6) is 0 Å². The zero-order valence-electron chi connectivity index (χ0n) is 9.54. The van der Waals surface area contributed by atoms with Gasteiger partial charge in [-0.15, -0.1) is 0 Å². The summed E-state index contributed by atoms with van der Waals surface area (Å²) in [7, 11) is 0. The molecule has 1 aromatic rings. The summed E-state index contributed by atoms with van der Waals surface area (Å²) in [5.41, 5.74) is 1.25. The van der Waals surface area contributed by atoms with Crippen molar-refractivity contribution < 1.29 is 14.0 Å². The number of nitrogens with one attached hydrogen (secondary N) is 1. The van der Waals surface area contributed by atoms with Crippen molar-refractivity contribution in [1.29, 1.82) is 0 Å². The van der Waals surface area contributed by atoms with Gasteiger partial charge < -0.3 is 5.32 Å². The van der Waals surface area contributed by atoms with Gasteiger partial charge in [0.15, 0.2) is 0 Å². The highest BCUT2D eigenvalue weighted by atomic mass is 79.9. The van der Waals surface area contributed by atoms with Crippen molar-refractivity contribution in [2.45, 2.75) is 6.92 Å².